The zero-order valence-corrected chi connectivity index (χ0v) is 11.1. The fraction of sp³-hybridized carbons (Fsp3) is 0.923. The fourth-order valence-corrected chi connectivity index (χ4v) is 2.27. The highest BCUT2D eigenvalue weighted by Crippen LogP contribution is 2.19. The Morgan fingerprint density at radius 1 is 1.53 bits per heavy atom. The molecule has 0 saturated carbocycles. The van der Waals surface area contributed by atoms with Crippen LogP contribution in [-0.4, -0.2) is 48.2 Å². The average Bonchev–Trinajstić information content (AvgIpc) is 2.73. The molecule has 1 amide bonds. The zero-order chi connectivity index (χ0) is 12.7. The molecular formula is C13H26N2O2. The van der Waals surface area contributed by atoms with Crippen LogP contribution in [-0.2, 0) is 4.79 Å². The van der Waals surface area contributed by atoms with Crippen molar-refractivity contribution in [2.24, 2.45) is 5.92 Å². The summed E-state index contributed by atoms with van der Waals surface area (Å²) in [6.07, 6.45) is 3.44. The number of nitrogens with zero attached hydrogens (tertiary/aromatic N) is 1. The van der Waals surface area contributed by atoms with E-state index < -0.39 is 0 Å². The summed E-state index contributed by atoms with van der Waals surface area (Å²) in [6.45, 7) is 7.10. The van der Waals surface area contributed by atoms with Crippen LogP contribution in [0.1, 0.15) is 39.5 Å². The second-order valence-electron chi connectivity index (χ2n) is 5.22. The number of aliphatic hydroxyl groups is 1. The quantitative estimate of drug-likeness (QED) is 0.655. The standard InChI is InChI=1S/C13H26N2O2/c1-11(2)14-7-3-4-13(17)15-8-5-12(10-15)6-9-16/h11-12,14,16H,3-10H2,1-2H3. The summed E-state index contributed by atoms with van der Waals surface area (Å²) >= 11 is 0. The molecule has 0 aromatic carbocycles. The first-order valence-corrected chi connectivity index (χ1v) is 6.75. The molecule has 100 valence electrons. The largest absolute Gasteiger partial charge is 0.396 e. The number of rotatable bonds is 7. The third-order valence-electron chi connectivity index (χ3n) is 3.30. The van der Waals surface area contributed by atoms with Crippen LogP contribution in [0, 0.1) is 5.92 Å². The lowest BCUT2D eigenvalue weighted by Crippen LogP contribution is -2.30. The first-order valence-electron chi connectivity index (χ1n) is 6.75. The third-order valence-corrected chi connectivity index (χ3v) is 3.30. The second kappa shape index (κ2) is 7.67. The van der Waals surface area contributed by atoms with Gasteiger partial charge in [-0.15, -0.1) is 0 Å². The van der Waals surface area contributed by atoms with E-state index in [0.29, 0.717) is 18.4 Å². The molecule has 0 aliphatic carbocycles. The van der Waals surface area contributed by atoms with E-state index in [1.807, 2.05) is 4.90 Å². The Morgan fingerprint density at radius 2 is 2.29 bits per heavy atom. The van der Waals surface area contributed by atoms with Gasteiger partial charge in [0.25, 0.3) is 0 Å². The maximum atomic E-state index is 11.9. The highest BCUT2D eigenvalue weighted by molar-refractivity contribution is 5.76. The van der Waals surface area contributed by atoms with Crippen molar-refractivity contribution < 1.29 is 9.90 Å². The van der Waals surface area contributed by atoms with Crippen molar-refractivity contribution in [2.75, 3.05) is 26.2 Å². The smallest absolute Gasteiger partial charge is 0.222 e. The number of nitrogens with one attached hydrogen (secondary N) is 1. The Hall–Kier alpha value is -0.610. The first-order chi connectivity index (χ1) is 8.13. The summed E-state index contributed by atoms with van der Waals surface area (Å²) in [5.41, 5.74) is 0. The van der Waals surface area contributed by atoms with Crippen LogP contribution in [0.3, 0.4) is 0 Å². The highest BCUT2D eigenvalue weighted by Gasteiger charge is 2.25. The highest BCUT2D eigenvalue weighted by atomic mass is 16.3. The predicted octanol–water partition coefficient (Wildman–Crippen LogP) is 0.995. The molecule has 1 saturated heterocycles. The number of amides is 1. The van der Waals surface area contributed by atoms with E-state index in [1.54, 1.807) is 0 Å². The zero-order valence-electron chi connectivity index (χ0n) is 11.1. The minimum absolute atomic E-state index is 0.241. The number of hydrogen-bond acceptors (Lipinski definition) is 3. The Kier molecular flexibility index (Phi) is 6.52. The lowest BCUT2D eigenvalue weighted by Gasteiger charge is -2.16. The maximum absolute atomic E-state index is 11.9. The van der Waals surface area contributed by atoms with Gasteiger partial charge in [0.05, 0.1) is 0 Å². The van der Waals surface area contributed by atoms with Crippen LogP contribution >= 0.6 is 0 Å². The minimum atomic E-state index is 0.241. The van der Waals surface area contributed by atoms with Crippen molar-refractivity contribution in [3.8, 4) is 0 Å². The number of hydrogen-bond donors (Lipinski definition) is 2. The lowest BCUT2D eigenvalue weighted by molar-refractivity contribution is -0.130. The van der Waals surface area contributed by atoms with Crippen LogP contribution in [0.4, 0.5) is 0 Å². The summed E-state index contributed by atoms with van der Waals surface area (Å²) in [7, 11) is 0. The molecule has 0 aromatic rings. The molecule has 0 bridgehead atoms. The van der Waals surface area contributed by atoms with Crippen molar-refractivity contribution in [1.82, 2.24) is 10.2 Å². The van der Waals surface area contributed by atoms with E-state index in [-0.39, 0.29) is 12.5 Å². The Labute approximate surface area is 104 Å². The molecule has 0 radical (unpaired) electrons. The molecule has 4 heteroatoms. The molecule has 1 rings (SSSR count). The Morgan fingerprint density at radius 3 is 2.94 bits per heavy atom. The summed E-state index contributed by atoms with van der Waals surface area (Å²) in [5.74, 6) is 0.786. The monoisotopic (exact) mass is 242 g/mol. The van der Waals surface area contributed by atoms with E-state index in [4.69, 9.17) is 5.11 Å². The Balaban J connectivity index is 2.12. The molecule has 2 N–H and O–H groups in total. The van der Waals surface area contributed by atoms with Gasteiger partial charge in [-0.25, -0.2) is 0 Å². The van der Waals surface area contributed by atoms with Gasteiger partial charge in [0.1, 0.15) is 0 Å². The molecule has 4 nitrogen and oxygen atoms in total. The van der Waals surface area contributed by atoms with Crippen molar-refractivity contribution in [1.29, 1.82) is 0 Å². The van der Waals surface area contributed by atoms with Crippen LogP contribution in [0.5, 0.6) is 0 Å². The normalized spacial score (nSPS) is 20.2. The van der Waals surface area contributed by atoms with Gasteiger partial charge >= 0.3 is 0 Å². The van der Waals surface area contributed by atoms with Crippen LogP contribution in [0.2, 0.25) is 0 Å². The molecule has 1 aliphatic heterocycles. The maximum Gasteiger partial charge on any atom is 0.222 e. The first kappa shape index (κ1) is 14.5. The van der Waals surface area contributed by atoms with Gasteiger partial charge in [-0.1, -0.05) is 13.8 Å². The fourth-order valence-electron chi connectivity index (χ4n) is 2.27. The van der Waals surface area contributed by atoms with Gasteiger partial charge in [-0.3, -0.25) is 4.79 Å². The molecule has 1 fully saturated rings. The summed E-state index contributed by atoms with van der Waals surface area (Å²) in [6, 6.07) is 0.492. The van der Waals surface area contributed by atoms with Gasteiger partial charge in [0.15, 0.2) is 0 Å². The number of likely N-dealkylation sites (tertiary alicyclic amines) is 1. The molecule has 1 aliphatic rings. The molecule has 17 heavy (non-hydrogen) atoms. The number of carbonyl (C=O) groups is 1. The van der Waals surface area contributed by atoms with Crippen molar-refractivity contribution in [2.45, 2.75) is 45.6 Å². The molecule has 1 atom stereocenters. The molecule has 1 unspecified atom stereocenters. The van der Waals surface area contributed by atoms with E-state index in [1.165, 1.54) is 0 Å². The molecule has 0 aromatic heterocycles. The predicted molar refractivity (Wildman–Crippen MR) is 68.8 cm³/mol. The van der Waals surface area contributed by atoms with Gasteiger partial charge in [0, 0.05) is 32.2 Å². The van der Waals surface area contributed by atoms with Crippen molar-refractivity contribution >= 4 is 5.91 Å². The third kappa shape index (κ3) is 5.50. The van der Waals surface area contributed by atoms with Crippen LogP contribution in [0.25, 0.3) is 0 Å². The average molecular weight is 242 g/mol. The van der Waals surface area contributed by atoms with Gasteiger partial charge in [-0.2, -0.15) is 0 Å². The lowest BCUT2D eigenvalue weighted by atomic mass is 10.1. The summed E-state index contributed by atoms with van der Waals surface area (Å²) < 4.78 is 0. The Bertz CT molecular complexity index is 231. The van der Waals surface area contributed by atoms with Gasteiger partial charge in [0.2, 0.25) is 5.91 Å². The van der Waals surface area contributed by atoms with E-state index in [9.17, 15) is 4.79 Å². The number of aliphatic hydroxyl groups excluding tert-OH is 1. The molecular weight excluding hydrogens is 216 g/mol. The van der Waals surface area contributed by atoms with Crippen molar-refractivity contribution in [3.63, 3.8) is 0 Å². The number of carbonyl (C=O) groups excluding carboxylic acids is 1. The van der Waals surface area contributed by atoms with Crippen LogP contribution < -0.4 is 5.32 Å². The van der Waals surface area contributed by atoms with Gasteiger partial charge in [-0.05, 0) is 31.7 Å². The summed E-state index contributed by atoms with van der Waals surface area (Å²) in [5, 5.41) is 12.2. The van der Waals surface area contributed by atoms with E-state index >= 15 is 0 Å². The SMILES string of the molecule is CC(C)NCCCC(=O)N1CCC(CCO)C1. The van der Waals surface area contributed by atoms with E-state index in [2.05, 4.69) is 19.2 Å². The van der Waals surface area contributed by atoms with E-state index in [0.717, 1.165) is 38.9 Å². The van der Waals surface area contributed by atoms with Gasteiger partial charge < -0.3 is 15.3 Å². The topological polar surface area (TPSA) is 52.6 Å². The molecule has 1 heterocycles. The summed E-state index contributed by atoms with van der Waals surface area (Å²) in [4.78, 5) is 13.8. The second-order valence-corrected chi connectivity index (χ2v) is 5.22. The minimum Gasteiger partial charge on any atom is -0.396 e. The molecule has 0 spiro atoms. The van der Waals surface area contributed by atoms with Crippen LogP contribution in [0.15, 0.2) is 0 Å². The van der Waals surface area contributed by atoms with Crippen molar-refractivity contribution in [3.05, 3.63) is 0 Å².